The van der Waals surface area contributed by atoms with Crippen molar-refractivity contribution < 1.29 is 8.78 Å². The number of nitrogens with two attached hydrogens (primary N) is 1. The lowest BCUT2D eigenvalue weighted by Crippen LogP contribution is -2.30. The fourth-order valence-electron chi connectivity index (χ4n) is 2.66. The molecular formula is C13H17F2N. The highest BCUT2D eigenvalue weighted by Crippen LogP contribution is 2.40. The van der Waals surface area contributed by atoms with Crippen LogP contribution in [-0.4, -0.2) is 6.54 Å². The number of hydrogen-bond donors (Lipinski definition) is 1. The van der Waals surface area contributed by atoms with E-state index in [0.717, 1.165) is 31.7 Å². The monoisotopic (exact) mass is 225 g/mol. The molecule has 0 unspecified atom stereocenters. The zero-order valence-electron chi connectivity index (χ0n) is 9.31. The van der Waals surface area contributed by atoms with Crippen LogP contribution >= 0.6 is 0 Å². The molecule has 2 rings (SSSR count). The molecule has 0 heterocycles. The first-order valence-electron chi connectivity index (χ1n) is 5.79. The number of halogens is 2. The van der Waals surface area contributed by atoms with Crippen molar-refractivity contribution in [3.63, 3.8) is 0 Å². The van der Waals surface area contributed by atoms with Gasteiger partial charge in [0, 0.05) is 0 Å². The molecule has 1 fully saturated rings. The molecule has 1 saturated carbocycles. The van der Waals surface area contributed by atoms with Crippen molar-refractivity contribution in [1.82, 2.24) is 0 Å². The van der Waals surface area contributed by atoms with Crippen LogP contribution in [0.2, 0.25) is 0 Å². The Morgan fingerprint density at radius 2 is 1.88 bits per heavy atom. The van der Waals surface area contributed by atoms with E-state index in [0.29, 0.717) is 18.5 Å². The van der Waals surface area contributed by atoms with Crippen LogP contribution in [0.3, 0.4) is 0 Å². The van der Waals surface area contributed by atoms with Crippen LogP contribution in [0.15, 0.2) is 18.2 Å². The molecule has 0 radical (unpaired) electrons. The van der Waals surface area contributed by atoms with Crippen LogP contribution in [0.4, 0.5) is 8.78 Å². The van der Waals surface area contributed by atoms with Crippen LogP contribution < -0.4 is 5.73 Å². The second-order valence-corrected chi connectivity index (χ2v) is 4.82. The Labute approximate surface area is 94.7 Å². The Balaban J connectivity index is 2.21. The highest BCUT2D eigenvalue weighted by atomic mass is 19.1. The maximum Gasteiger partial charge on any atom is 0.126 e. The minimum Gasteiger partial charge on any atom is -0.330 e. The minimum absolute atomic E-state index is 0.00532. The minimum atomic E-state index is -0.374. The summed E-state index contributed by atoms with van der Waals surface area (Å²) in [7, 11) is 0. The van der Waals surface area contributed by atoms with Gasteiger partial charge in [0.05, 0.1) is 0 Å². The van der Waals surface area contributed by atoms with E-state index in [4.69, 9.17) is 5.73 Å². The predicted octanol–water partition coefficient (Wildman–Crippen LogP) is 3.03. The fraction of sp³-hybridized carbons (Fsp3) is 0.538. The molecular weight excluding hydrogens is 208 g/mol. The summed E-state index contributed by atoms with van der Waals surface area (Å²) in [5, 5.41) is 0. The van der Waals surface area contributed by atoms with Crippen LogP contribution in [0.5, 0.6) is 0 Å². The zero-order valence-corrected chi connectivity index (χ0v) is 9.31. The highest BCUT2D eigenvalue weighted by molar-refractivity contribution is 5.20. The SMILES string of the molecule is NCC1(Cc2cc(F)ccc2F)CCCC1. The molecule has 0 aromatic heterocycles. The molecule has 3 heteroatoms. The van der Waals surface area contributed by atoms with Gasteiger partial charge < -0.3 is 5.73 Å². The van der Waals surface area contributed by atoms with Gasteiger partial charge in [0.1, 0.15) is 11.6 Å². The third-order valence-electron chi connectivity index (χ3n) is 3.67. The number of hydrogen-bond acceptors (Lipinski definition) is 1. The van der Waals surface area contributed by atoms with Gasteiger partial charge in [0.15, 0.2) is 0 Å². The maximum atomic E-state index is 13.5. The third-order valence-corrected chi connectivity index (χ3v) is 3.67. The molecule has 1 aromatic carbocycles. The molecule has 0 bridgehead atoms. The fourth-order valence-corrected chi connectivity index (χ4v) is 2.66. The van der Waals surface area contributed by atoms with E-state index in [1.165, 1.54) is 12.1 Å². The summed E-state index contributed by atoms with van der Waals surface area (Å²) < 4.78 is 26.6. The molecule has 0 amide bonds. The highest BCUT2D eigenvalue weighted by Gasteiger charge is 2.33. The first kappa shape index (κ1) is 11.5. The molecule has 0 aliphatic heterocycles. The van der Waals surface area contributed by atoms with E-state index in [-0.39, 0.29) is 17.0 Å². The van der Waals surface area contributed by atoms with Crippen molar-refractivity contribution in [1.29, 1.82) is 0 Å². The molecule has 0 spiro atoms. The first-order chi connectivity index (χ1) is 7.65. The predicted molar refractivity (Wildman–Crippen MR) is 60.0 cm³/mol. The van der Waals surface area contributed by atoms with Gasteiger partial charge >= 0.3 is 0 Å². The van der Waals surface area contributed by atoms with Crippen molar-refractivity contribution >= 4 is 0 Å². The second kappa shape index (κ2) is 4.50. The van der Waals surface area contributed by atoms with E-state index in [9.17, 15) is 8.78 Å². The topological polar surface area (TPSA) is 26.0 Å². The van der Waals surface area contributed by atoms with Crippen LogP contribution in [0, 0.1) is 17.0 Å². The Morgan fingerprint density at radius 1 is 1.19 bits per heavy atom. The van der Waals surface area contributed by atoms with Crippen LogP contribution in [0.25, 0.3) is 0 Å². The lowest BCUT2D eigenvalue weighted by molar-refractivity contribution is 0.302. The Bertz CT molecular complexity index is 370. The van der Waals surface area contributed by atoms with Crippen molar-refractivity contribution in [3.8, 4) is 0 Å². The van der Waals surface area contributed by atoms with Crippen molar-refractivity contribution in [2.24, 2.45) is 11.1 Å². The molecule has 16 heavy (non-hydrogen) atoms. The molecule has 1 aromatic rings. The Kier molecular flexibility index (Phi) is 3.24. The third kappa shape index (κ3) is 2.24. The van der Waals surface area contributed by atoms with Crippen molar-refractivity contribution in [3.05, 3.63) is 35.4 Å². The molecule has 88 valence electrons. The van der Waals surface area contributed by atoms with Gasteiger partial charge in [-0.2, -0.15) is 0 Å². The molecule has 1 nitrogen and oxygen atoms in total. The molecule has 1 aliphatic carbocycles. The van der Waals surface area contributed by atoms with Crippen LogP contribution in [0.1, 0.15) is 31.2 Å². The summed E-state index contributed by atoms with van der Waals surface area (Å²) in [6.45, 7) is 0.558. The Morgan fingerprint density at radius 3 is 2.50 bits per heavy atom. The van der Waals surface area contributed by atoms with Gasteiger partial charge in [0.2, 0.25) is 0 Å². The number of benzene rings is 1. The molecule has 0 atom stereocenters. The smallest absolute Gasteiger partial charge is 0.126 e. The standard InChI is InChI=1S/C13H17F2N/c14-11-3-4-12(15)10(7-11)8-13(9-16)5-1-2-6-13/h3-4,7H,1-2,5-6,8-9,16H2. The largest absolute Gasteiger partial charge is 0.330 e. The van der Waals surface area contributed by atoms with Crippen molar-refractivity contribution in [2.45, 2.75) is 32.1 Å². The molecule has 2 N–H and O–H groups in total. The summed E-state index contributed by atoms with van der Waals surface area (Å²) >= 11 is 0. The zero-order chi connectivity index (χ0) is 11.6. The van der Waals surface area contributed by atoms with E-state index in [1.807, 2.05) is 0 Å². The second-order valence-electron chi connectivity index (χ2n) is 4.82. The van der Waals surface area contributed by atoms with Crippen LogP contribution in [-0.2, 0) is 6.42 Å². The van der Waals surface area contributed by atoms with E-state index in [1.54, 1.807) is 0 Å². The first-order valence-corrected chi connectivity index (χ1v) is 5.79. The van der Waals surface area contributed by atoms with Gasteiger partial charge in [0.25, 0.3) is 0 Å². The lowest BCUT2D eigenvalue weighted by Gasteiger charge is -2.27. The van der Waals surface area contributed by atoms with Gasteiger partial charge in [-0.15, -0.1) is 0 Å². The normalized spacial score (nSPS) is 18.9. The summed E-state index contributed by atoms with van der Waals surface area (Å²) in [6, 6.07) is 3.65. The molecule has 0 saturated heterocycles. The lowest BCUT2D eigenvalue weighted by atomic mass is 9.80. The summed E-state index contributed by atoms with van der Waals surface area (Å²) in [4.78, 5) is 0. The molecule has 1 aliphatic rings. The van der Waals surface area contributed by atoms with Gasteiger partial charge in [-0.3, -0.25) is 0 Å². The maximum absolute atomic E-state index is 13.5. The summed E-state index contributed by atoms with van der Waals surface area (Å²) in [6.07, 6.45) is 4.91. The van der Waals surface area contributed by atoms with E-state index >= 15 is 0 Å². The number of rotatable bonds is 3. The van der Waals surface area contributed by atoms with Gasteiger partial charge in [-0.25, -0.2) is 8.78 Å². The van der Waals surface area contributed by atoms with Gasteiger partial charge in [-0.05, 0) is 55.0 Å². The van der Waals surface area contributed by atoms with E-state index < -0.39 is 0 Å². The average Bonchev–Trinajstić information content (AvgIpc) is 2.73. The quantitative estimate of drug-likeness (QED) is 0.840. The van der Waals surface area contributed by atoms with Gasteiger partial charge in [-0.1, -0.05) is 12.8 Å². The van der Waals surface area contributed by atoms with E-state index in [2.05, 4.69) is 0 Å². The van der Waals surface area contributed by atoms with Crippen molar-refractivity contribution in [2.75, 3.05) is 6.54 Å². The summed E-state index contributed by atoms with van der Waals surface area (Å²) in [5.74, 6) is -0.692. The summed E-state index contributed by atoms with van der Waals surface area (Å²) in [5.41, 5.74) is 6.25. The average molecular weight is 225 g/mol. The Hall–Kier alpha value is -0.960.